The molecule has 0 saturated carbocycles. The van der Waals surface area contributed by atoms with Gasteiger partial charge in [-0.2, -0.15) is 0 Å². The van der Waals surface area contributed by atoms with Crippen LogP contribution in [0.1, 0.15) is 27.2 Å². The van der Waals surface area contributed by atoms with Crippen molar-refractivity contribution in [2.45, 2.75) is 33.6 Å². The first kappa shape index (κ1) is 18.8. The van der Waals surface area contributed by atoms with E-state index in [2.05, 4.69) is 15.4 Å². The molecule has 1 rings (SSSR count). The zero-order valence-electron chi connectivity index (χ0n) is 13.1. The van der Waals surface area contributed by atoms with Crippen LogP contribution in [-0.4, -0.2) is 24.7 Å². The van der Waals surface area contributed by atoms with E-state index in [0.29, 0.717) is 0 Å². The highest BCUT2D eigenvalue weighted by Gasteiger charge is 2.31. The Balaban J connectivity index is 2.49. The molecule has 0 saturated heterocycles. The van der Waals surface area contributed by atoms with Crippen LogP contribution in [0.4, 0.5) is 18.9 Å². The Labute approximate surface area is 132 Å². The van der Waals surface area contributed by atoms with Crippen molar-refractivity contribution in [1.82, 2.24) is 5.32 Å². The summed E-state index contributed by atoms with van der Waals surface area (Å²) >= 11 is 0. The predicted octanol–water partition coefficient (Wildman–Crippen LogP) is 3.08. The fraction of sp³-hybridized carbons (Fsp3) is 0.467. The Morgan fingerprint density at radius 2 is 1.83 bits per heavy atom. The topological polar surface area (TPSA) is 67.4 Å². The van der Waals surface area contributed by atoms with Gasteiger partial charge in [-0.15, -0.1) is 13.2 Å². The van der Waals surface area contributed by atoms with Gasteiger partial charge < -0.3 is 15.4 Å². The summed E-state index contributed by atoms with van der Waals surface area (Å²) in [6.07, 6.45) is -4.79. The summed E-state index contributed by atoms with van der Waals surface area (Å²) in [6, 6.07) is 4.97. The van der Waals surface area contributed by atoms with Gasteiger partial charge in [-0.1, -0.05) is 26.8 Å². The summed E-state index contributed by atoms with van der Waals surface area (Å²) in [5, 5.41) is 5.05. The number of nitrogens with one attached hydrogen (secondary N) is 2. The molecule has 0 spiro atoms. The lowest BCUT2D eigenvalue weighted by atomic mass is 9.96. The number of ether oxygens (including phenoxy) is 1. The van der Waals surface area contributed by atoms with E-state index in [1.54, 1.807) is 20.8 Å². The van der Waals surface area contributed by atoms with Crippen molar-refractivity contribution in [3.63, 3.8) is 0 Å². The molecule has 0 heterocycles. The third kappa shape index (κ3) is 7.53. The third-order valence-corrected chi connectivity index (χ3v) is 2.67. The van der Waals surface area contributed by atoms with Gasteiger partial charge in [-0.25, -0.2) is 0 Å². The molecule has 2 N–H and O–H groups in total. The van der Waals surface area contributed by atoms with E-state index < -0.39 is 23.4 Å². The monoisotopic (exact) mass is 332 g/mol. The number of anilines is 1. The molecule has 0 unspecified atom stereocenters. The Bertz CT molecular complexity index is 566. The molecule has 1 aromatic carbocycles. The Kier molecular flexibility index (Phi) is 6.00. The molecular weight excluding hydrogens is 313 g/mol. The zero-order chi connectivity index (χ0) is 17.7. The van der Waals surface area contributed by atoms with Crippen molar-refractivity contribution in [2.24, 2.45) is 5.41 Å². The predicted molar refractivity (Wildman–Crippen MR) is 78.8 cm³/mol. The molecule has 8 heteroatoms. The fourth-order valence-corrected chi connectivity index (χ4v) is 1.55. The van der Waals surface area contributed by atoms with E-state index in [0.717, 1.165) is 12.1 Å². The van der Waals surface area contributed by atoms with Gasteiger partial charge in [0.15, 0.2) is 0 Å². The average Bonchev–Trinajstić information content (AvgIpc) is 2.35. The second-order valence-corrected chi connectivity index (χ2v) is 5.88. The number of carbonyl (C=O) groups is 2. The summed E-state index contributed by atoms with van der Waals surface area (Å²) in [5.74, 6) is -1.04. The molecule has 1 aromatic rings. The van der Waals surface area contributed by atoms with Crippen LogP contribution in [0, 0.1) is 5.41 Å². The molecule has 0 aliphatic rings. The minimum atomic E-state index is -4.79. The lowest BCUT2D eigenvalue weighted by molar-refractivity contribution is -0.274. The van der Waals surface area contributed by atoms with Crippen LogP contribution in [0.5, 0.6) is 5.75 Å². The number of carbonyl (C=O) groups excluding carboxylic acids is 2. The maximum absolute atomic E-state index is 12.1. The molecule has 0 aliphatic heterocycles. The Hall–Kier alpha value is -2.25. The summed E-state index contributed by atoms with van der Waals surface area (Å²) in [5.41, 5.74) is -0.376. The van der Waals surface area contributed by atoms with Crippen LogP contribution >= 0.6 is 0 Å². The van der Waals surface area contributed by atoms with Gasteiger partial charge in [0, 0.05) is 30.1 Å². The van der Waals surface area contributed by atoms with Crippen LogP contribution < -0.4 is 15.4 Å². The molecule has 0 aliphatic carbocycles. The molecule has 2 amide bonds. The SMILES string of the molecule is CC(C)(C)C(=O)NCCC(=O)Nc1cccc(OC(F)(F)F)c1. The second-order valence-electron chi connectivity index (χ2n) is 5.88. The van der Waals surface area contributed by atoms with Gasteiger partial charge in [0.2, 0.25) is 11.8 Å². The summed E-state index contributed by atoms with van der Waals surface area (Å²) in [4.78, 5) is 23.3. The summed E-state index contributed by atoms with van der Waals surface area (Å²) < 4.78 is 40.1. The van der Waals surface area contributed by atoms with Gasteiger partial charge in [0.1, 0.15) is 5.75 Å². The van der Waals surface area contributed by atoms with Crippen LogP contribution in [0.3, 0.4) is 0 Å². The van der Waals surface area contributed by atoms with Crippen molar-refractivity contribution in [1.29, 1.82) is 0 Å². The smallest absolute Gasteiger partial charge is 0.406 e. The van der Waals surface area contributed by atoms with Gasteiger partial charge in [0.05, 0.1) is 0 Å². The average molecular weight is 332 g/mol. The zero-order valence-corrected chi connectivity index (χ0v) is 13.1. The minimum Gasteiger partial charge on any atom is -0.406 e. The van der Waals surface area contributed by atoms with Gasteiger partial charge in [0.25, 0.3) is 0 Å². The lowest BCUT2D eigenvalue weighted by Crippen LogP contribution is -2.36. The van der Waals surface area contributed by atoms with E-state index in [4.69, 9.17) is 0 Å². The first-order valence-electron chi connectivity index (χ1n) is 6.91. The maximum Gasteiger partial charge on any atom is 0.573 e. The van der Waals surface area contributed by atoms with E-state index >= 15 is 0 Å². The van der Waals surface area contributed by atoms with Gasteiger partial charge in [-0.05, 0) is 12.1 Å². The van der Waals surface area contributed by atoms with Crippen LogP contribution in [0.15, 0.2) is 24.3 Å². The highest BCUT2D eigenvalue weighted by atomic mass is 19.4. The quantitative estimate of drug-likeness (QED) is 0.871. The van der Waals surface area contributed by atoms with Crippen molar-refractivity contribution < 1.29 is 27.5 Å². The highest BCUT2D eigenvalue weighted by molar-refractivity contribution is 5.91. The second kappa shape index (κ2) is 7.34. The van der Waals surface area contributed by atoms with Crippen LogP contribution in [-0.2, 0) is 9.59 Å². The van der Waals surface area contributed by atoms with Crippen LogP contribution in [0.2, 0.25) is 0 Å². The number of halogens is 3. The lowest BCUT2D eigenvalue weighted by Gasteiger charge is -2.17. The first-order valence-corrected chi connectivity index (χ1v) is 6.91. The number of hydrogen-bond donors (Lipinski definition) is 2. The number of rotatable bonds is 5. The van der Waals surface area contributed by atoms with Crippen LogP contribution in [0.25, 0.3) is 0 Å². The standard InChI is InChI=1S/C15H19F3N2O3/c1-14(2,3)13(22)19-8-7-12(21)20-10-5-4-6-11(9-10)23-15(16,17)18/h4-6,9H,7-8H2,1-3H3,(H,19,22)(H,20,21). The third-order valence-electron chi connectivity index (χ3n) is 2.67. The van der Waals surface area contributed by atoms with Crippen molar-refractivity contribution in [3.8, 4) is 5.75 Å². The van der Waals surface area contributed by atoms with Crippen molar-refractivity contribution in [3.05, 3.63) is 24.3 Å². The van der Waals surface area contributed by atoms with E-state index in [9.17, 15) is 22.8 Å². The number of alkyl halides is 3. The molecule has 0 fully saturated rings. The number of amides is 2. The van der Waals surface area contributed by atoms with E-state index in [-0.39, 0.29) is 24.6 Å². The van der Waals surface area contributed by atoms with E-state index in [1.165, 1.54) is 12.1 Å². The highest BCUT2D eigenvalue weighted by Crippen LogP contribution is 2.25. The Morgan fingerprint density at radius 1 is 1.17 bits per heavy atom. The molecule has 0 aromatic heterocycles. The number of benzene rings is 1. The first-order chi connectivity index (χ1) is 10.5. The molecule has 0 atom stereocenters. The molecule has 23 heavy (non-hydrogen) atoms. The normalized spacial score (nSPS) is 11.7. The number of hydrogen-bond acceptors (Lipinski definition) is 3. The molecule has 0 bridgehead atoms. The van der Waals surface area contributed by atoms with Crippen molar-refractivity contribution >= 4 is 17.5 Å². The molecule has 0 radical (unpaired) electrons. The molecular formula is C15H19F3N2O3. The largest absolute Gasteiger partial charge is 0.573 e. The van der Waals surface area contributed by atoms with Crippen molar-refractivity contribution in [2.75, 3.05) is 11.9 Å². The minimum absolute atomic E-state index is 0.00613. The molecule has 128 valence electrons. The summed E-state index contributed by atoms with van der Waals surface area (Å²) in [7, 11) is 0. The molecule has 5 nitrogen and oxygen atoms in total. The van der Waals surface area contributed by atoms with Gasteiger partial charge in [-0.3, -0.25) is 9.59 Å². The maximum atomic E-state index is 12.1. The fourth-order valence-electron chi connectivity index (χ4n) is 1.55. The van der Waals surface area contributed by atoms with E-state index in [1.807, 2.05) is 0 Å². The van der Waals surface area contributed by atoms with Gasteiger partial charge >= 0.3 is 6.36 Å². The Morgan fingerprint density at radius 3 is 2.39 bits per heavy atom. The summed E-state index contributed by atoms with van der Waals surface area (Å²) in [6.45, 7) is 5.37.